The maximum Gasteiger partial charge on any atom is 0.327 e. The van der Waals surface area contributed by atoms with Crippen LogP contribution in [0, 0.1) is 11.2 Å². The molecule has 5 heteroatoms. The number of halogens is 1. The molecule has 1 aliphatic rings. The maximum absolute atomic E-state index is 12.8. The lowest BCUT2D eigenvalue weighted by Crippen LogP contribution is -2.28. The van der Waals surface area contributed by atoms with E-state index in [1.165, 1.54) is 26.4 Å². The summed E-state index contributed by atoms with van der Waals surface area (Å²) in [6.45, 7) is 0. The zero-order valence-electron chi connectivity index (χ0n) is 10.6. The van der Waals surface area contributed by atoms with E-state index < -0.39 is 17.4 Å². The molecule has 1 saturated carbocycles. The zero-order valence-corrected chi connectivity index (χ0v) is 10.6. The van der Waals surface area contributed by atoms with Gasteiger partial charge in [-0.2, -0.15) is 0 Å². The van der Waals surface area contributed by atoms with Crippen molar-refractivity contribution >= 4 is 18.0 Å². The molecule has 0 aliphatic heterocycles. The summed E-state index contributed by atoms with van der Waals surface area (Å²) in [7, 11) is 2.45. The summed E-state index contributed by atoms with van der Waals surface area (Å²) in [4.78, 5) is 23.5. The smallest absolute Gasteiger partial charge is 0.327 e. The van der Waals surface area contributed by atoms with Gasteiger partial charge in [0.05, 0.1) is 14.2 Å². The van der Waals surface area contributed by atoms with Crippen LogP contribution in [0.2, 0.25) is 0 Å². The van der Waals surface area contributed by atoms with Gasteiger partial charge in [-0.3, -0.25) is 9.59 Å². The molecule has 1 fully saturated rings. The van der Waals surface area contributed by atoms with Gasteiger partial charge in [0.25, 0.3) is 0 Å². The van der Waals surface area contributed by atoms with Crippen LogP contribution in [-0.4, -0.2) is 26.2 Å². The van der Waals surface area contributed by atoms with Crippen LogP contribution in [0.3, 0.4) is 0 Å². The van der Waals surface area contributed by atoms with E-state index in [1.54, 1.807) is 18.2 Å². The van der Waals surface area contributed by atoms with Gasteiger partial charge >= 0.3 is 11.9 Å². The van der Waals surface area contributed by atoms with E-state index >= 15 is 0 Å². The molecule has 0 spiro atoms. The van der Waals surface area contributed by atoms with Crippen LogP contribution in [0.25, 0.3) is 6.08 Å². The summed E-state index contributed by atoms with van der Waals surface area (Å²) in [5.41, 5.74) is 0.00150. The SMILES string of the molecule is COC(=O)C1(C(=O)OC)C/C1=C/c1ccc(F)cc1. The largest absolute Gasteiger partial charge is 0.468 e. The standard InChI is InChI=1S/C14H13FO4/c1-18-12(16)14(13(17)19-2)8-10(14)7-9-3-5-11(15)6-4-9/h3-7H,8H2,1-2H3/b10-7-. The molecule has 0 saturated heterocycles. The van der Waals surface area contributed by atoms with Crippen LogP contribution < -0.4 is 0 Å². The number of hydrogen-bond donors (Lipinski definition) is 0. The highest BCUT2D eigenvalue weighted by Gasteiger charge is 2.64. The Labute approximate surface area is 109 Å². The van der Waals surface area contributed by atoms with E-state index in [9.17, 15) is 14.0 Å². The summed E-state index contributed by atoms with van der Waals surface area (Å²) in [5.74, 6) is -1.61. The Bertz CT molecular complexity index is 529. The third kappa shape index (κ3) is 2.23. The summed E-state index contributed by atoms with van der Waals surface area (Å²) in [6, 6.07) is 5.76. The summed E-state index contributed by atoms with van der Waals surface area (Å²) < 4.78 is 22.1. The van der Waals surface area contributed by atoms with Crippen molar-refractivity contribution in [3.05, 3.63) is 41.2 Å². The molecule has 4 nitrogen and oxygen atoms in total. The highest BCUT2D eigenvalue weighted by molar-refractivity contribution is 6.10. The normalized spacial score (nSPS) is 17.9. The fourth-order valence-electron chi connectivity index (χ4n) is 2.01. The van der Waals surface area contributed by atoms with Crippen LogP contribution in [-0.2, 0) is 19.1 Å². The van der Waals surface area contributed by atoms with Crippen LogP contribution in [0.4, 0.5) is 4.39 Å². The minimum Gasteiger partial charge on any atom is -0.468 e. The number of rotatable bonds is 3. The average molecular weight is 264 g/mol. The van der Waals surface area contributed by atoms with Crippen molar-refractivity contribution < 1.29 is 23.5 Å². The lowest BCUT2D eigenvalue weighted by molar-refractivity contribution is -0.160. The van der Waals surface area contributed by atoms with Gasteiger partial charge in [0.15, 0.2) is 5.41 Å². The van der Waals surface area contributed by atoms with Crippen molar-refractivity contribution in [2.24, 2.45) is 5.41 Å². The van der Waals surface area contributed by atoms with Gasteiger partial charge in [0.2, 0.25) is 0 Å². The molecule has 0 N–H and O–H groups in total. The zero-order chi connectivity index (χ0) is 14.0. The predicted molar refractivity (Wildman–Crippen MR) is 65.5 cm³/mol. The molecular weight excluding hydrogens is 251 g/mol. The molecule has 100 valence electrons. The van der Waals surface area contributed by atoms with Crippen LogP contribution in [0.15, 0.2) is 29.8 Å². The first kappa shape index (κ1) is 13.3. The molecule has 1 aliphatic carbocycles. The van der Waals surface area contributed by atoms with Crippen LogP contribution >= 0.6 is 0 Å². The highest BCUT2D eigenvalue weighted by atomic mass is 19.1. The third-order valence-electron chi connectivity index (χ3n) is 3.16. The Morgan fingerprint density at radius 1 is 1.16 bits per heavy atom. The van der Waals surface area contributed by atoms with Crippen LogP contribution in [0.5, 0.6) is 0 Å². The van der Waals surface area contributed by atoms with Crippen LogP contribution in [0.1, 0.15) is 12.0 Å². The number of methoxy groups -OCH3 is 2. The number of ether oxygens (including phenoxy) is 2. The van der Waals surface area contributed by atoms with Gasteiger partial charge < -0.3 is 9.47 Å². The molecule has 0 heterocycles. The van der Waals surface area contributed by atoms with Gasteiger partial charge in [-0.15, -0.1) is 0 Å². The molecule has 19 heavy (non-hydrogen) atoms. The first-order valence-corrected chi connectivity index (χ1v) is 5.68. The second-order valence-corrected chi connectivity index (χ2v) is 4.29. The third-order valence-corrected chi connectivity index (χ3v) is 3.16. The summed E-state index contributed by atoms with van der Waals surface area (Å²) >= 11 is 0. The summed E-state index contributed by atoms with van der Waals surface area (Å²) in [5, 5.41) is 0. The quantitative estimate of drug-likeness (QED) is 0.618. The maximum atomic E-state index is 12.8. The molecule has 0 unspecified atom stereocenters. The van der Waals surface area contributed by atoms with Crippen molar-refractivity contribution in [3.8, 4) is 0 Å². The minimum absolute atomic E-state index is 0.268. The molecule has 0 aromatic heterocycles. The first-order valence-electron chi connectivity index (χ1n) is 5.68. The molecule has 0 atom stereocenters. The Morgan fingerprint density at radius 2 is 1.68 bits per heavy atom. The Balaban J connectivity index is 2.30. The second kappa shape index (κ2) is 4.84. The highest BCUT2D eigenvalue weighted by Crippen LogP contribution is 2.54. The number of hydrogen-bond acceptors (Lipinski definition) is 4. The monoisotopic (exact) mass is 264 g/mol. The summed E-state index contributed by atoms with van der Waals surface area (Å²) in [6.07, 6.45) is 1.94. The predicted octanol–water partition coefficient (Wildman–Crippen LogP) is 1.95. The fraction of sp³-hybridized carbons (Fsp3) is 0.286. The fourth-order valence-corrected chi connectivity index (χ4v) is 2.01. The van der Waals surface area contributed by atoms with E-state index in [2.05, 4.69) is 9.47 Å². The number of esters is 2. The lowest BCUT2D eigenvalue weighted by Gasteiger charge is -2.09. The van der Waals surface area contributed by atoms with Crippen molar-refractivity contribution in [3.63, 3.8) is 0 Å². The van der Waals surface area contributed by atoms with E-state index in [4.69, 9.17) is 0 Å². The molecule has 2 rings (SSSR count). The lowest BCUT2D eigenvalue weighted by atomic mass is 10.1. The molecule has 1 aromatic carbocycles. The Morgan fingerprint density at radius 3 is 2.16 bits per heavy atom. The second-order valence-electron chi connectivity index (χ2n) is 4.29. The molecule has 1 aromatic rings. The average Bonchev–Trinajstić information content (AvgIpc) is 3.15. The first-order chi connectivity index (χ1) is 9.04. The Kier molecular flexibility index (Phi) is 3.38. The minimum atomic E-state index is -1.32. The van der Waals surface area contributed by atoms with E-state index in [0.29, 0.717) is 11.1 Å². The van der Waals surface area contributed by atoms with Crippen molar-refractivity contribution in [1.29, 1.82) is 0 Å². The van der Waals surface area contributed by atoms with Gasteiger partial charge in [-0.05, 0) is 23.3 Å². The Hall–Kier alpha value is -2.17. The topological polar surface area (TPSA) is 52.6 Å². The van der Waals surface area contributed by atoms with Crippen molar-refractivity contribution in [1.82, 2.24) is 0 Å². The van der Waals surface area contributed by atoms with Gasteiger partial charge in [0, 0.05) is 6.42 Å². The molecule has 0 radical (unpaired) electrons. The van der Waals surface area contributed by atoms with Crippen molar-refractivity contribution in [2.45, 2.75) is 6.42 Å². The number of carbonyl (C=O) groups is 2. The van der Waals surface area contributed by atoms with E-state index in [-0.39, 0.29) is 12.2 Å². The molecule has 0 amide bonds. The number of benzene rings is 1. The van der Waals surface area contributed by atoms with E-state index in [1.807, 2.05) is 0 Å². The van der Waals surface area contributed by atoms with Gasteiger partial charge in [-0.1, -0.05) is 18.2 Å². The molecular formula is C14H13FO4. The number of carbonyl (C=O) groups excluding carboxylic acids is 2. The van der Waals surface area contributed by atoms with Crippen molar-refractivity contribution in [2.75, 3.05) is 14.2 Å². The van der Waals surface area contributed by atoms with E-state index in [0.717, 1.165) is 0 Å². The van der Waals surface area contributed by atoms with Gasteiger partial charge in [-0.25, -0.2) is 4.39 Å². The van der Waals surface area contributed by atoms with Gasteiger partial charge in [0.1, 0.15) is 5.82 Å². The molecule has 0 bridgehead atoms.